The lowest BCUT2D eigenvalue weighted by atomic mass is 9.84. The van der Waals surface area contributed by atoms with E-state index in [-0.39, 0.29) is 29.6 Å². The second-order valence-electron chi connectivity index (χ2n) is 8.15. The maximum atomic E-state index is 12.7. The van der Waals surface area contributed by atoms with Crippen molar-refractivity contribution in [2.75, 3.05) is 0 Å². The lowest BCUT2D eigenvalue weighted by Crippen LogP contribution is -2.42. The SMILES string of the molecule is CC(NC(=O)Cn1cnc2c(oc3ccccc32)c1=O)C1CC2CCC1C2. The quantitative estimate of drug-likeness (QED) is 0.771. The molecule has 0 radical (unpaired) electrons. The fourth-order valence-electron chi connectivity index (χ4n) is 5.20. The van der Waals surface area contributed by atoms with Crippen LogP contribution in [0.4, 0.5) is 0 Å². The van der Waals surface area contributed by atoms with Gasteiger partial charge in [0.15, 0.2) is 0 Å². The van der Waals surface area contributed by atoms with Crippen LogP contribution in [0.25, 0.3) is 22.1 Å². The number of para-hydroxylation sites is 1. The molecule has 2 aliphatic rings. The zero-order valence-corrected chi connectivity index (χ0v) is 15.4. The normalized spacial score (nSPS) is 25.3. The molecule has 1 aromatic carbocycles. The molecular weight excluding hydrogens is 342 g/mol. The van der Waals surface area contributed by atoms with Gasteiger partial charge in [-0.15, -0.1) is 0 Å². The Morgan fingerprint density at radius 3 is 2.96 bits per heavy atom. The number of carbonyl (C=O) groups is 1. The summed E-state index contributed by atoms with van der Waals surface area (Å²) in [6.45, 7) is 2.05. The fourth-order valence-corrected chi connectivity index (χ4v) is 5.20. The Bertz CT molecular complexity index is 1080. The van der Waals surface area contributed by atoms with Crippen molar-refractivity contribution in [1.29, 1.82) is 0 Å². The van der Waals surface area contributed by atoms with E-state index >= 15 is 0 Å². The lowest BCUT2D eigenvalue weighted by molar-refractivity contribution is -0.122. The van der Waals surface area contributed by atoms with Gasteiger partial charge in [-0.3, -0.25) is 14.2 Å². The van der Waals surface area contributed by atoms with Crippen molar-refractivity contribution < 1.29 is 9.21 Å². The summed E-state index contributed by atoms with van der Waals surface area (Å²) in [5.74, 6) is 2.02. The first-order chi connectivity index (χ1) is 13.1. The van der Waals surface area contributed by atoms with E-state index in [1.165, 1.54) is 36.6 Å². The van der Waals surface area contributed by atoms with E-state index in [1.807, 2.05) is 24.3 Å². The molecule has 4 unspecified atom stereocenters. The van der Waals surface area contributed by atoms with E-state index in [2.05, 4.69) is 17.2 Å². The third kappa shape index (κ3) is 2.74. The molecule has 0 saturated heterocycles. The van der Waals surface area contributed by atoms with Crippen LogP contribution in [-0.4, -0.2) is 21.5 Å². The van der Waals surface area contributed by atoms with Crippen LogP contribution in [0.1, 0.15) is 32.6 Å². The van der Waals surface area contributed by atoms with Crippen LogP contribution in [0.5, 0.6) is 0 Å². The molecule has 5 rings (SSSR count). The highest BCUT2D eigenvalue weighted by atomic mass is 16.3. The van der Waals surface area contributed by atoms with E-state index in [9.17, 15) is 9.59 Å². The summed E-state index contributed by atoms with van der Waals surface area (Å²) < 4.78 is 7.00. The zero-order valence-electron chi connectivity index (χ0n) is 15.4. The first-order valence-electron chi connectivity index (χ1n) is 9.76. The first-order valence-corrected chi connectivity index (χ1v) is 9.76. The van der Waals surface area contributed by atoms with Crippen LogP contribution < -0.4 is 10.9 Å². The maximum Gasteiger partial charge on any atom is 0.297 e. The van der Waals surface area contributed by atoms with Crippen LogP contribution >= 0.6 is 0 Å². The summed E-state index contributed by atoms with van der Waals surface area (Å²) in [5, 5.41) is 3.91. The van der Waals surface area contributed by atoms with Crippen LogP contribution in [0.2, 0.25) is 0 Å². The minimum atomic E-state index is -0.320. The van der Waals surface area contributed by atoms with E-state index in [4.69, 9.17) is 4.42 Å². The van der Waals surface area contributed by atoms with Crippen molar-refractivity contribution in [2.24, 2.45) is 17.8 Å². The van der Waals surface area contributed by atoms with E-state index in [1.54, 1.807) is 0 Å². The third-order valence-corrected chi connectivity index (χ3v) is 6.49. The van der Waals surface area contributed by atoms with Gasteiger partial charge in [0.2, 0.25) is 11.5 Å². The van der Waals surface area contributed by atoms with Crippen molar-refractivity contribution >= 4 is 28.0 Å². The van der Waals surface area contributed by atoms with Crippen molar-refractivity contribution in [1.82, 2.24) is 14.9 Å². The van der Waals surface area contributed by atoms with Crippen LogP contribution in [0.15, 0.2) is 39.8 Å². The number of aromatic nitrogens is 2. The van der Waals surface area contributed by atoms with Gasteiger partial charge in [-0.1, -0.05) is 18.6 Å². The molecule has 6 heteroatoms. The topological polar surface area (TPSA) is 77.1 Å². The van der Waals surface area contributed by atoms with Gasteiger partial charge < -0.3 is 9.73 Å². The Labute approximate surface area is 156 Å². The summed E-state index contributed by atoms with van der Waals surface area (Å²) in [6.07, 6.45) is 6.62. The van der Waals surface area contributed by atoms with Crippen LogP contribution in [-0.2, 0) is 11.3 Å². The second kappa shape index (κ2) is 6.22. The van der Waals surface area contributed by atoms with Crippen molar-refractivity contribution in [3.8, 4) is 0 Å². The van der Waals surface area contributed by atoms with Gasteiger partial charge >= 0.3 is 0 Å². The zero-order chi connectivity index (χ0) is 18.5. The van der Waals surface area contributed by atoms with Crippen molar-refractivity contribution in [3.63, 3.8) is 0 Å². The number of rotatable bonds is 4. The van der Waals surface area contributed by atoms with Gasteiger partial charge in [-0.05, 0) is 56.1 Å². The molecule has 2 fully saturated rings. The van der Waals surface area contributed by atoms with E-state index in [0.29, 0.717) is 17.0 Å². The molecule has 0 spiro atoms. The molecule has 2 aliphatic carbocycles. The van der Waals surface area contributed by atoms with Gasteiger partial charge in [0, 0.05) is 11.4 Å². The number of hydrogen-bond acceptors (Lipinski definition) is 4. The highest BCUT2D eigenvalue weighted by molar-refractivity contribution is 6.01. The van der Waals surface area contributed by atoms with E-state index < -0.39 is 0 Å². The molecule has 27 heavy (non-hydrogen) atoms. The molecule has 0 aliphatic heterocycles. The molecule has 140 valence electrons. The van der Waals surface area contributed by atoms with Gasteiger partial charge in [0.25, 0.3) is 5.56 Å². The maximum absolute atomic E-state index is 12.7. The van der Waals surface area contributed by atoms with Gasteiger partial charge in [0.1, 0.15) is 17.6 Å². The Hall–Kier alpha value is -2.63. The Balaban J connectivity index is 1.35. The summed E-state index contributed by atoms with van der Waals surface area (Å²) in [5.41, 5.74) is 1.05. The highest BCUT2D eigenvalue weighted by Crippen LogP contribution is 2.49. The van der Waals surface area contributed by atoms with Crippen molar-refractivity contribution in [2.45, 2.75) is 45.2 Å². The average molecular weight is 365 g/mol. The first kappa shape index (κ1) is 16.5. The van der Waals surface area contributed by atoms with Crippen molar-refractivity contribution in [3.05, 3.63) is 40.9 Å². The monoisotopic (exact) mass is 365 g/mol. The number of hydrogen-bond donors (Lipinski definition) is 1. The Morgan fingerprint density at radius 1 is 1.33 bits per heavy atom. The fraction of sp³-hybridized carbons (Fsp3) is 0.476. The Morgan fingerprint density at radius 2 is 2.19 bits per heavy atom. The second-order valence-corrected chi connectivity index (χ2v) is 8.15. The number of nitrogens with zero attached hydrogens (tertiary/aromatic N) is 2. The number of nitrogens with one attached hydrogen (secondary N) is 1. The predicted molar refractivity (Wildman–Crippen MR) is 102 cm³/mol. The standard InChI is InChI=1S/C21H23N3O3/c1-12(16-9-13-6-7-14(16)8-13)23-18(25)10-24-11-22-19-15-4-2-3-5-17(15)27-20(19)21(24)26/h2-5,11-14,16H,6-10H2,1H3,(H,23,25). The highest BCUT2D eigenvalue weighted by Gasteiger charge is 2.42. The lowest BCUT2D eigenvalue weighted by Gasteiger charge is -2.28. The van der Waals surface area contributed by atoms with Crippen LogP contribution in [0.3, 0.4) is 0 Å². The molecule has 6 nitrogen and oxygen atoms in total. The Kier molecular flexibility index (Phi) is 3.81. The number of benzene rings is 1. The summed E-state index contributed by atoms with van der Waals surface area (Å²) >= 11 is 0. The van der Waals surface area contributed by atoms with Gasteiger partial charge in [0.05, 0.1) is 6.33 Å². The third-order valence-electron chi connectivity index (χ3n) is 6.49. The van der Waals surface area contributed by atoms with Gasteiger partial charge in [-0.25, -0.2) is 4.98 Å². The molecule has 4 atom stereocenters. The molecule has 2 saturated carbocycles. The minimum absolute atomic E-state index is 0.0377. The van der Waals surface area contributed by atoms with Crippen LogP contribution in [0, 0.1) is 17.8 Å². The van der Waals surface area contributed by atoms with Gasteiger partial charge in [-0.2, -0.15) is 0 Å². The number of furan rings is 1. The largest absolute Gasteiger partial charge is 0.448 e. The molecule has 2 aromatic heterocycles. The summed E-state index contributed by atoms with van der Waals surface area (Å²) in [6, 6.07) is 7.57. The molecule has 3 aromatic rings. The average Bonchev–Trinajstić information content (AvgIpc) is 3.37. The van der Waals surface area contributed by atoms with E-state index in [0.717, 1.165) is 17.2 Å². The molecule has 2 bridgehead atoms. The molecular formula is C21H23N3O3. The molecule has 1 N–H and O–H groups in total. The number of carbonyl (C=O) groups excluding carboxylic acids is 1. The minimum Gasteiger partial charge on any atom is -0.448 e. The number of amides is 1. The number of fused-ring (bicyclic) bond motifs is 5. The smallest absolute Gasteiger partial charge is 0.297 e. The summed E-state index contributed by atoms with van der Waals surface area (Å²) in [4.78, 5) is 29.6. The summed E-state index contributed by atoms with van der Waals surface area (Å²) in [7, 11) is 0. The predicted octanol–water partition coefficient (Wildman–Crippen LogP) is 3.08. The molecule has 1 amide bonds. The molecule has 2 heterocycles.